The maximum Gasteiger partial charge on any atom is 0.416 e. The zero-order valence-corrected chi connectivity index (χ0v) is 19.4. The minimum absolute atomic E-state index is 0. The van der Waals surface area contributed by atoms with E-state index in [1.165, 1.54) is 19.2 Å². The lowest BCUT2D eigenvalue weighted by molar-refractivity contribution is -0.143. The van der Waals surface area contributed by atoms with Crippen LogP contribution in [0.5, 0.6) is 0 Å². The maximum atomic E-state index is 13.1. The van der Waals surface area contributed by atoms with Crippen LogP contribution in [0, 0.1) is 0 Å². The number of hydrogen-bond acceptors (Lipinski definition) is 3. The maximum absolute atomic E-state index is 13.1. The minimum Gasteiger partial charge on any atom is -0.357 e. The molecule has 2 aromatic rings. The number of nitrogens with zero attached hydrogens (tertiary/aromatic N) is 2. The molecule has 1 saturated heterocycles. The topological polar surface area (TPSA) is 35.6 Å². The van der Waals surface area contributed by atoms with Crippen LogP contribution in [-0.2, 0) is 29.9 Å². The van der Waals surface area contributed by atoms with Crippen LogP contribution < -0.4 is 10.2 Å². The van der Waals surface area contributed by atoms with Crippen LogP contribution in [0.2, 0.25) is 0 Å². The highest BCUT2D eigenvalue weighted by Crippen LogP contribution is 2.37. The van der Waals surface area contributed by atoms with Gasteiger partial charge in [-0.3, -0.25) is 4.79 Å². The highest BCUT2D eigenvalue weighted by molar-refractivity contribution is 5.86. The molecule has 0 spiro atoms. The second-order valence-corrected chi connectivity index (χ2v) is 8.07. The van der Waals surface area contributed by atoms with Crippen LogP contribution in [0.15, 0.2) is 42.5 Å². The van der Waals surface area contributed by atoms with Gasteiger partial charge < -0.3 is 15.1 Å². The minimum atomic E-state index is -5.02. The van der Waals surface area contributed by atoms with Gasteiger partial charge in [0.05, 0.1) is 16.7 Å². The molecule has 1 aliphatic rings. The lowest BCUT2D eigenvalue weighted by atomic mass is 10.0. The predicted molar refractivity (Wildman–Crippen MR) is 116 cm³/mol. The van der Waals surface area contributed by atoms with Crippen LogP contribution in [0.4, 0.5) is 45.2 Å². The van der Waals surface area contributed by atoms with Crippen molar-refractivity contribution in [1.29, 1.82) is 0 Å². The summed E-state index contributed by atoms with van der Waals surface area (Å²) in [4.78, 5) is 15.6. The van der Waals surface area contributed by atoms with E-state index < -0.39 is 53.7 Å². The first-order valence-corrected chi connectivity index (χ1v) is 10.3. The molecule has 14 heteroatoms. The van der Waals surface area contributed by atoms with Gasteiger partial charge in [0.25, 0.3) is 0 Å². The Kier molecular flexibility index (Phi) is 8.83. The first kappa shape index (κ1) is 29.6. The first-order valence-electron chi connectivity index (χ1n) is 10.3. The molecule has 1 N–H and O–H groups in total. The average molecular weight is 550 g/mol. The number of piperazine rings is 1. The van der Waals surface area contributed by atoms with Crippen molar-refractivity contribution in [3.63, 3.8) is 0 Å². The Hall–Kier alpha value is -2.67. The molecule has 36 heavy (non-hydrogen) atoms. The Morgan fingerprint density at radius 3 is 1.86 bits per heavy atom. The average Bonchev–Trinajstić information content (AvgIpc) is 2.76. The van der Waals surface area contributed by atoms with Crippen LogP contribution >= 0.6 is 12.4 Å². The van der Waals surface area contributed by atoms with Gasteiger partial charge in [-0.2, -0.15) is 39.5 Å². The third-order valence-corrected chi connectivity index (χ3v) is 5.50. The van der Waals surface area contributed by atoms with Crippen molar-refractivity contribution < 1.29 is 44.3 Å². The van der Waals surface area contributed by atoms with Crippen molar-refractivity contribution in [3.8, 4) is 0 Å². The second kappa shape index (κ2) is 10.8. The number of carbonyl (C=O) groups is 1. The van der Waals surface area contributed by atoms with E-state index in [0.29, 0.717) is 24.4 Å². The third kappa shape index (κ3) is 6.96. The Bertz CT molecular complexity index is 1020. The summed E-state index contributed by atoms with van der Waals surface area (Å²) in [5.41, 5.74) is -3.90. The molecule has 1 unspecified atom stereocenters. The molecule has 1 fully saturated rings. The smallest absolute Gasteiger partial charge is 0.357 e. The molecular formula is C22H21ClF9N3O. The molecule has 4 nitrogen and oxygen atoms in total. The summed E-state index contributed by atoms with van der Waals surface area (Å²) in [5.74, 6) is -0.622. The quantitative estimate of drug-likeness (QED) is 0.504. The van der Waals surface area contributed by atoms with Gasteiger partial charge in [0.15, 0.2) is 0 Å². The number of alkyl halides is 9. The summed E-state index contributed by atoms with van der Waals surface area (Å²) >= 11 is 0. The lowest BCUT2D eigenvalue weighted by Gasteiger charge is -2.39. The number of rotatable bonds is 4. The standard InChI is InChI=1S/C22H20F9N3O.ClH/c1-33(12-13-8-15(21(26,27)28)10-16(9-13)22(29,30)31)19(35)18-11-32-6-7-34(18)17-4-2-14(3-5-17)20(23,24)25;/h2-5,8-10,18,32H,6-7,11-12H2,1H3;1H. The number of carbonyl (C=O) groups excluding carboxylic acids is 1. The lowest BCUT2D eigenvalue weighted by Crippen LogP contribution is -2.58. The van der Waals surface area contributed by atoms with Crippen molar-refractivity contribution in [2.24, 2.45) is 0 Å². The Morgan fingerprint density at radius 2 is 1.39 bits per heavy atom. The van der Waals surface area contributed by atoms with E-state index in [0.717, 1.165) is 17.0 Å². The summed E-state index contributed by atoms with van der Waals surface area (Å²) in [6.07, 6.45) is -14.6. The number of anilines is 1. The van der Waals surface area contributed by atoms with E-state index in [4.69, 9.17) is 0 Å². The number of amides is 1. The molecule has 3 rings (SSSR count). The summed E-state index contributed by atoms with van der Waals surface area (Å²) in [6.45, 7) is 0.207. The van der Waals surface area contributed by atoms with E-state index in [1.807, 2.05) is 0 Å². The van der Waals surface area contributed by atoms with Crippen LogP contribution in [0.3, 0.4) is 0 Å². The van der Waals surface area contributed by atoms with Gasteiger partial charge in [0, 0.05) is 38.9 Å². The molecule has 1 atom stereocenters. The first-order chi connectivity index (χ1) is 16.1. The van der Waals surface area contributed by atoms with Crippen LogP contribution in [0.1, 0.15) is 22.3 Å². The SMILES string of the molecule is CN(Cc1cc(C(F)(F)F)cc(C(F)(F)F)c1)C(=O)C1CNCCN1c1ccc(C(F)(F)F)cc1.Cl. The van der Waals surface area contributed by atoms with Crippen molar-refractivity contribution in [3.05, 3.63) is 64.7 Å². The molecular weight excluding hydrogens is 529 g/mol. The molecule has 1 aliphatic heterocycles. The normalized spacial score (nSPS) is 16.9. The third-order valence-electron chi connectivity index (χ3n) is 5.50. The fourth-order valence-electron chi connectivity index (χ4n) is 3.79. The summed E-state index contributed by atoms with van der Waals surface area (Å²) < 4.78 is 117. The summed E-state index contributed by atoms with van der Waals surface area (Å²) in [5, 5.41) is 2.96. The van der Waals surface area contributed by atoms with Crippen molar-refractivity contribution in [2.45, 2.75) is 31.1 Å². The van der Waals surface area contributed by atoms with Gasteiger partial charge in [0.2, 0.25) is 5.91 Å². The molecule has 0 saturated carbocycles. The van der Waals surface area contributed by atoms with Crippen molar-refractivity contribution in [1.82, 2.24) is 10.2 Å². The monoisotopic (exact) mass is 549 g/mol. The van der Waals surface area contributed by atoms with E-state index in [1.54, 1.807) is 4.90 Å². The fourth-order valence-corrected chi connectivity index (χ4v) is 3.79. The largest absolute Gasteiger partial charge is 0.416 e. The van der Waals surface area contributed by atoms with Gasteiger partial charge in [-0.1, -0.05) is 0 Å². The molecule has 1 amide bonds. The molecule has 0 aromatic heterocycles. The zero-order valence-electron chi connectivity index (χ0n) is 18.6. The molecule has 0 aliphatic carbocycles. The molecule has 0 bridgehead atoms. The number of halogens is 10. The van der Waals surface area contributed by atoms with Crippen LogP contribution in [-0.4, -0.2) is 43.5 Å². The molecule has 1 heterocycles. The summed E-state index contributed by atoms with van der Waals surface area (Å²) in [7, 11) is 1.23. The number of benzene rings is 2. The van der Waals surface area contributed by atoms with Gasteiger partial charge in [-0.05, 0) is 48.0 Å². The van der Waals surface area contributed by atoms with E-state index >= 15 is 0 Å². The van der Waals surface area contributed by atoms with E-state index in [2.05, 4.69) is 5.32 Å². The fraction of sp³-hybridized carbons (Fsp3) is 0.409. The van der Waals surface area contributed by atoms with Crippen molar-refractivity contribution >= 4 is 24.0 Å². The molecule has 2 aromatic carbocycles. The number of nitrogens with one attached hydrogen (secondary N) is 1. The zero-order chi connectivity index (χ0) is 26.2. The van der Waals surface area contributed by atoms with Gasteiger partial charge in [0.1, 0.15) is 6.04 Å². The van der Waals surface area contributed by atoms with Gasteiger partial charge in [-0.15, -0.1) is 12.4 Å². The summed E-state index contributed by atoms with van der Waals surface area (Å²) in [6, 6.07) is 4.31. The molecule has 0 radical (unpaired) electrons. The molecule has 200 valence electrons. The Balaban J connectivity index is 0.00000456. The number of likely N-dealkylation sites (N-methyl/N-ethyl adjacent to an activating group) is 1. The van der Waals surface area contributed by atoms with E-state index in [-0.39, 0.29) is 37.1 Å². The van der Waals surface area contributed by atoms with Crippen LogP contribution in [0.25, 0.3) is 0 Å². The number of hydrogen-bond donors (Lipinski definition) is 1. The highest BCUT2D eigenvalue weighted by Gasteiger charge is 2.38. The van der Waals surface area contributed by atoms with Gasteiger partial charge >= 0.3 is 18.5 Å². The van der Waals surface area contributed by atoms with Gasteiger partial charge in [-0.25, -0.2) is 0 Å². The van der Waals surface area contributed by atoms with Crippen molar-refractivity contribution in [2.75, 3.05) is 31.6 Å². The Morgan fingerprint density at radius 1 is 0.889 bits per heavy atom. The van der Waals surface area contributed by atoms with E-state index in [9.17, 15) is 44.3 Å². The second-order valence-electron chi connectivity index (χ2n) is 8.07. The highest BCUT2D eigenvalue weighted by atomic mass is 35.5. The predicted octanol–water partition coefficient (Wildman–Crippen LogP) is 5.60. The Labute approximate surface area is 206 Å².